The molecular formula is C14H9BrFN3O2. The molecule has 0 unspecified atom stereocenters. The highest BCUT2D eigenvalue weighted by molar-refractivity contribution is 9.10. The molecule has 5 nitrogen and oxygen atoms in total. The van der Waals surface area contributed by atoms with E-state index in [1.54, 1.807) is 18.2 Å². The molecule has 0 saturated heterocycles. The van der Waals surface area contributed by atoms with Crippen LogP contribution in [0.25, 0.3) is 10.9 Å². The van der Waals surface area contributed by atoms with Gasteiger partial charge < -0.3 is 10.5 Å². The zero-order chi connectivity index (χ0) is 15.0. The first-order chi connectivity index (χ1) is 10.0. The summed E-state index contributed by atoms with van der Waals surface area (Å²) in [4.78, 5) is 18.5. The maximum absolute atomic E-state index is 13.7. The highest BCUT2D eigenvalue weighted by atomic mass is 79.9. The molecule has 0 aliphatic rings. The van der Waals surface area contributed by atoms with Crippen molar-refractivity contribution >= 4 is 32.5 Å². The third-order valence-electron chi connectivity index (χ3n) is 2.81. The lowest BCUT2D eigenvalue weighted by molar-refractivity contribution is 0.411. The number of hydrogen-bond acceptors (Lipinski definition) is 4. The number of fused-ring (bicyclic) bond motifs is 1. The van der Waals surface area contributed by atoms with Gasteiger partial charge >= 0.3 is 6.01 Å². The number of halogens is 2. The smallest absolute Gasteiger partial charge is 0.302 e. The lowest BCUT2D eigenvalue weighted by atomic mass is 10.2. The number of hydrogen-bond donors (Lipinski definition) is 2. The molecule has 0 saturated carbocycles. The normalized spacial score (nSPS) is 10.8. The van der Waals surface area contributed by atoms with Gasteiger partial charge in [-0.15, -0.1) is 0 Å². The van der Waals surface area contributed by atoms with Crippen molar-refractivity contribution in [2.45, 2.75) is 0 Å². The van der Waals surface area contributed by atoms with E-state index in [1.807, 2.05) is 0 Å². The third-order valence-corrected chi connectivity index (χ3v) is 3.30. The number of ether oxygens (including phenoxy) is 1. The van der Waals surface area contributed by atoms with Crippen molar-refractivity contribution in [3.63, 3.8) is 0 Å². The van der Waals surface area contributed by atoms with Crippen LogP contribution in [0.2, 0.25) is 0 Å². The van der Waals surface area contributed by atoms with Gasteiger partial charge in [-0.3, -0.25) is 9.78 Å². The van der Waals surface area contributed by atoms with E-state index in [-0.39, 0.29) is 11.8 Å². The number of H-pyrrole nitrogens is 1. The van der Waals surface area contributed by atoms with Crippen LogP contribution in [-0.2, 0) is 0 Å². The summed E-state index contributed by atoms with van der Waals surface area (Å²) >= 11 is 3.15. The number of aromatic nitrogens is 2. The van der Waals surface area contributed by atoms with Crippen molar-refractivity contribution in [3.05, 3.63) is 57.0 Å². The average molecular weight is 350 g/mol. The number of benzene rings is 2. The predicted octanol–water partition coefficient (Wildman–Crippen LogP) is 3.20. The molecule has 0 spiro atoms. The Balaban J connectivity index is 2.05. The molecule has 0 bridgehead atoms. The van der Waals surface area contributed by atoms with E-state index in [9.17, 15) is 9.18 Å². The zero-order valence-electron chi connectivity index (χ0n) is 10.6. The van der Waals surface area contributed by atoms with E-state index in [0.717, 1.165) is 0 Å². The number of anilines is 1. The summed E-state index contributed by atoms with van der Waals surface area (Å²) in [6.45, 7) is 0. The van der Waals surface area contributed by atoms with Crippen LogP contribution in [0.3, 0.4) is 0 Å². The van der Waals surface area contributed by atoms with Crippen LogP contribution >= 0.6 is 15.9 Å². The average Bonchev–Trinajstić information content (AvgIpc) is 2.43. The quantitative estimate of drug-likeness (QED) is 0.696. The summed E-state index contributed by atoms with van der Waals surface area (Å²) in [7, 11) is 0. The molecule has 3 N–H and O–H groups in total. The monoisotopic (exact) mass is 349 g/mol. The van der Waals surface area contributed by atoms with Crippen LogP contribution in [0.5, 0.6) is 11.8 Å². The van der Waals surface area contributed by atoms with Gasteiger partial charge in [0.2, 0.25) is 0 Å². The van der Waals surface area contributed by atoms with Crippen molar-refractivity contribution in [2.24, 2.45) is 0 Å². The van der Waals surface area contributed by atoms with Gasteiger partial charge in [0.1, 0.15) is 0 Å². The summed E-state index contributed by atoms with van der Waals surface area (Å²) in [5.41, 5.74) is 6.10. The van der Waals surface area contributed by atoms with Gasteiger partial charge in [0.15, 0.2) is 11.6 Å². The third kappa shape index (κ3) is 2.73. The molecule has 0 atom stereocenters. The second-order valence-corrected chi connectivity index (χ2v) is 5.24. The molecule has 0 amide bonds. The molecule has 0 radical (unpaired) electrons. The zero-order valence-corrected chi connectivity index (χ0v) is 12.1. The number of rotatable bonds is 2. The molecule has 21 heavy (non-hydrogen) atoms. The minimum atomic E-state index is -0.565. The van der Waals surface area contributed by atoms with Gasteiger partial charge in [-0.05, 0) is 36.4 Å². The first-order valence-corrected chi connectivity index (χ1v) is 6.75. The highest BCUT2D eigenvalue weighted by Gasteiger charge is 2.09. The SMILES string of the molecule is Nc1ccc2nc(Oc3ccc(Br)cc3F)[nH]c(=O)c2c1. The summed E-state index contributed by atoms with van der Waals surface area (Å²) < 4.78 is 19.6. The molecule has 1 aromatic heterocycles. The maximum Gasteiger partial charge on any atom is 0.302 e. The van der Waals surface area contributed by atoms with Crippen LogP contribution in [0.1, 0.15) is 0 Å². The van der Waals surface area contributed by atoms with Gasteiger partial charge in [-0.25, -0.2) is 4.39 Å². The van der Waals surface area contributed by atoms with Gasteiger partial charge in [-0.1, -0.05) is 15.9 Å². The summed E-state index contributed by atoms with van der Waals surface area (Å²) in [5.74, 6) is -0.597. The lowest BCUT2D eigenvalue weighted by Crippen LogP contribution is -2.10. The van der Waals surface area contributed by atoms with E-state index in [0.29, 0.717) is 21.1 Å². The Bertz CT molecular complexity index is 895. The fraction of sp³-hybridized carbons (Fsp3) is 0. The Morgan fingerprint density at radius 3 is 2.81 bits per heavy atom. The summed E-state index contributed by atoms with van der Waals surface area (Å²) in [6, 6.07) is 8.98. The van der Waals surface area contributed by atoms with E-state index in [4.69, 9.17) is 10.5 Å². The summed E-state index contributed by atoms with van der Waals surface area (Å²) in [5, 5.41) is 0.346. The molecule has 106 valence electrons. The molecule has 2 aromatic carbocycles. The van der Waals surface area contributed by atoms with Crippen molar-refractivity contribution < 1.29 is 9.13 Å². The Kier molecular flexibility index (Phi) is 3.34. The van der Waals surface area contributed by atoms with Crippen molar-refractivity contribution in [1.29, 1.82) is 0 Å². The van der Waals surface area contributed by atoms with Crippen molar-refractivity contribution in [3.8, 4) is 11.8 Å². The van der Waals surface area contributed by atoms with Crippen molar-refractivity contribution in [1.82, 2.24) is 9.97 Å². The van der Waals surface area contributed by atoms with Gasteiger partial charge in [0.25, 0.3) is 5.56 Å². The lowest BCUT2D eigenvalue weighted by Gasteiger charge is -2.07. The van der Waals surface area contributed by atoms with E-state index < -0.39 is 11.4 Å². The fourth-order valence-corrected chi connectivity index (χ4v) is 2.18. The first-order valence-electron chi connectivity index (χ1n) is 5.95. The number of nitrogens with two attached hydrogens (primary N) is 1. The Hall–Kier alpha value is -2.41. The van der Waals surface area contributed by atoms with Crippen LogP contribution < -0.4 is 16.0 Å². The van der Waals surface area contributed by atoms with Crippen LogP contribution in [0.15, 0.2) is 45.7 Å². The molecule has 0 fully saturated rings. The number of nitrogen functional groups attached to an aromatic ring is 1. The standard InChI is InChI=1S/C14H9BrFN3O2/c15-7-1-4-12(10(16)5-7)21-14-18-11-3-2-8(17)6-9(11)13(20)19-14/h1-6H,17H2,(H,18,19,20). The molecule has 1 heterocycles. The maximum atomic E-state index is 13.7. The van der Waals surface area contributed by atoms with Crippen molar-refractivity contribution in [2.75, 3.05) is 5.73 Å². The van der Waals surface area contributed by atoms with E-state index in [1.165, 1.54) is 18.2 Å². The number of nitrogens with one attached hydrogen (secondary N) is 1. The second-order valence-electron chi connectivity index (χ2n) is 4.32. The van der Waals surface area contributed by atoms with Gasteiger partial charge in [0.05, 0.1) is 10.9 Å². The molecule has 7 heteroatoms. The molecule has 0 aliphatic heterocycles. The number of aromatic amines is 1. The van der Waals surface area contributed by atoms with Crippen LogP contribution in [-0.4, -0.2) is 9.97 Å². The molecule has 0 aliphatic carbocycles. The van der Waals surface area contributed by atoms with Gasteiger partial charge in [0, 0.05) is 10.2 Å². The fourth-order valence-electron chi connectivity index (χ4n) is 1.85. The molecule has 3 rings (SSSR count). The Labute approximate surface area is 126 Å². The van der Waals surface area contributed by atoms with Gasteiger partial charge in [-0.2, -0.15) is 4.98 Å². The van der Waals surface area contributed by atoms with E-state index in [2.05, 4.69) is 25.9 Å². The predicted molar refractivity (Wildman–Crippen MR) is 81.0 cm³/mol. The Morgan fingerprint density at radius 2 is 2.05 bits per heavy atom. The van der Waals surface area contributed by atoms with E-state index >= 15 is 0 Å². The largest absolute Gasteiger partial charge is 0.422 e. The first kappa shape index (κ1) is 13.6. The minimum Gasteiger partial charge on any atom is -0.422 e. The Morgan fingerprint density at radius 1 is 1.24 bits per heavy atom. The summed E-state index contributed by atoms with van der Waals surface area (Å²) in [6.07, 6.45) is 0. The molecular weight excluding hydrogens is 341 g/mol. The molecule has 3 aromatic rings. The minimum absolute atomic E-state index is 0.0313. The highest BCUT2D eigenvalue weighted by Crippen LogP contribution is 2.25. The number of nitrogens with zero attached hydrogens (tertiary/aromatic N) is 1. The second kappa shape index (κ2) is 5.17. The van der Waals surface area contributed by atoms with Crippen LogP contribution in [0, 0.1) is 5.82 Å². The topological polar surface area (TPSA) is 81.0 Å². The van der Waals surface area contributed by atoms with Crippen LogP contribution in [0.4, 0.5) is 10.1 Å².